The molecule has 1 aliphatic rings. The third-order valence-electron chi connectivity index (χ3n) is 4.31. The van der Waals surface area contributed by atoms with Gasteiger partial charge >= 0.3 is 0 Å². The Kier molecular flexibility index (Phi) is 5.16. The number of carbonyl (C=O) groups is 1. The zero-order valence-electron chi connectivity index (χ0n) is 15.7. The Morgan fingerprint density at radius 3 is 2.63 bits per heavy atom. The molecule has 0 fully saturated rings. The van der Waals surface area contributed by atoms with Gasteiger partial charge in [-0.1, -0.05) is 18.2 Å². The SMILES string of the molecule is CC1=CC(NC(=O)C(C)Oc2ccccc2)N(c2nc(C)c(C)c(=O)[nH]2)N1. The number of aryl methyl sites for hydroxylation is 1. The molecule has 1 amide bonds. The van der Waals surface area contributed by atoms with Crippen LogP contribution in [-0.4, -0.2) is 28.1 Å². The van der Waals surface area contributed by atoms with Crippen molar-refractivity contribution in [3.63, 3.8) is 0 Å². The molecule has 0 aliphatic carbocycles. The number of nitrogens with one attached hydrogen (secondary N) is 3. The summed E-state index contributed by atoms with van der Waals surface area (Å²) in [6, 6.07) is 9.15. The number of anilines is 1. The first kappa shape index (κ1) is 18.5. The molecule has 2 heterocycles. The monoisotopic (exact) mass is 369 g/mol. The van der Waals surface area contributed by atoms with Crippen molar-refractivity contribution in [3.8, 4) is 5.75 Å². The fraction of sp³-hybridized carbons (Fsp3) is 0.316. The Morgan fingerprint density at radius 1 is 1.26 bits per heavy atom. The molecule has 8 heteroatoms. The molecule has 0 saturated carbocycles. The van der Waals surface area contributed by atoms with Crippen molar-refractivity contribution in [1.82, 2.24) is 20.7 Å². The minimum Gasteiger partial charge on any atom is -0.481 e. The van der Waals surface area contributed by atoms with Crippen LogP contribution in [-0.2, 0) is 4.79 Å². The van der Waals surface area contributed by atoms with Crippen molar-refractivity contribution in [1.29, 1.82) is 0 Å². The van der Waals surface area contributed by atoms with E-state index in [0.29, 0.717) is 23.0 Å². The summed E-state index contributed by atoms with van der Waals surface area (Å²) >= 11 is 0. The molecule has 3 rings (SSSR count). The molecule has 3 N–H and O–H groups in total. The van der Waals surface area contributed by atoms with Gasteiger partial charge in [0.15, 0.2) is 6.10 Å². The number of amides is 1. The highest BCUT2D eigenvalue weighted by atomic mass is 16.5. The van der Waals surface area contributed by atoms with Crippen LogP contribution in [0.2, 0.25) is 0 Å². The van der Waals surface area contributed by atoms with Gasteiger partial charge in [-0.05, 0) is 45.9 Å². The first-order valence-electron chi connectivity index (χ1n) is 8.69. The van der Waals surface area contributed by atoms with Crippen LogP contribution >= 0.6 is 0 Å². The number of carbonyl (C=O) groups excluding carboxylic acids is 1. The van der Waals surface area contributed by atoms with Crippen molar-refractivity contribution in [2.24, 2.45) is 0 Å². The van der Waals surface area contributed by atoms with Crippen LogP contribution in [0.3, 0.4) is 0 Å². The molecule has 1 aromatic heterocycles. The highest BCUT2D eigenvalue weighted by molar-refractivity contribution is 5.81. The molecule has 8 nitrogen and oxygen atoms in total. The van der Waals surface area contributed by atoms with E-state index in [1.807, 2.05) is 31.2 Å². The molecule has 0 spiro atoms. The number of ether oxygens (including phenoxy) is 1. The molecule has 2 atom stereocenters. The highest BCUT2D eigenvalue weighted by Gasteiger charge is 2.29. The summed E-state index contributed by atoms with van der Waals surface area (Å²) in [5.74, 6) is 0.666. The Balaban J connectivity index is 1.74. The van der Waals surface area contributed by atoms with Gasteiger partial charge in [0.25, 0.3) is 11.5 Å². The topological polar surface area (TPSA) is 99.3 Å². The number of hydrogen-bond acceptors (Lipinski definition) is 6. The largest absolute Gasteiger partial charge is 0.481 e. The van der Waals surface area contributed by atoms with Gasteiger partial charge < -0.3 is 10.1 Å². The average Bonchev–Trinajstić information content (AvgIpc) is 3.00. The number of rotatable bonds is 5. The van der Waals surface area contributed by atoms with E-state index in [1.54, 1.807) is 37.9 Å². The van der Waals surface area contributed by atoms with Gasteiger partial charge in [-0.25, -0.2) is 9.99 Å². The molecule has 1 aliphatic heterocycles. The van der Waals surface area contributed by atoms with Crippen molar-refractivity contribution in [3.05, 3.63) is 63.7 Å². The molecule has 2 aromatic rings. The Bertz CT molecular complexity index is 923. The zero-order chi connectivity index (χ0) is 19.6. The maximum atomic E-state index is 12.6. The number of nitrogens with zero attached hydrogens (tertiary/aromatic N) is 2. The van der Waals surface area contributed by atoms with E-state index in [0.717, 1.165) is 5.70 Å². The molecular formula is C19H23N5O3. The third kappa shape index (κ3) is 4.11. The molecule has 1 aromatic carbocycles. The summed E-state index contributed by atoms with van der Waals surface area (Å²) in [6.45, 7) is 7.03. The second kappa shape index (κ2) is 7.53. The van der Waals surface area contributed by atoms with Gasteiger partial charge in [0, 0.05) is 17.0 Å². The number of aromatic amines is 1. The standard InChI is InChI=1S/C19H23N5O3/c1-11-10-16(21-18(26)14(4)27-15-8-6-5-7-9-15)24(23-11)19-20-13(3)12(2)17(25)22-19/h5-10,14,16,23H,1-4H3,(H,21,26)(H,20,22,25). The highest BCUT2D eigenvalue weighted by Crippen LogP contribution is 2.16. The smallest absolute Gasteiger partial charge is 0.262 e. The van der Waals surface area contributed by atoms with Crippen LogP contribution in [0.1, 0.15) is 25.1 Å². The quantitative estimate of drug-likeness (QED) is 0.739. The van der Waals surface area contributed by atoms with Gasteiger partial charge in [0.2, 0.25) is 5.95 Å². The second-order valence-corrected chi connectivity index (χ2v) is 6.46. The maximum Gasteiger partial charge on any atom is 0.262 e. The summed E-state index contributed by atoms with van der Waals surface area (Å²) in [5.41, 5.74) is 4.91. The average molecular weight is 369 g/mol. The number of aromatic nitrogens is 2. The minimum atomic E-state index is -0.685. The lowest BCUT2D eigenvalue weighted by Crippen LogP contribution is -2.52. The second-order valence-electron chi connectivity index (χ2n) is 6.46. The zero-order valence-corrected chi connectivity index (χ0v) is 15.7. The molecule has 0 bridgehead atoms. The lowest BCUT2D eigenvalue weighted by molar-refractivity contribution is -0.127. The predicted molar refractivity (Wildman–Crippen MR) is 102 cm³/mol. The van der Waals surface area contributed by atoms with Gasteiger partial charge in [-0.2, -0.15) is 0 Å². The van der Waals surface area contributed by atoms with E-state index in [-0.39, 0.29) is 11.5 Å². The van der Waals surface area contributed by atoms with Crippen molar-refractivity contribution >= 4 is 11.9 Å². The van der Waals surface area contributed by atoms with Crippen LogP contribution in [0.4, 0.5) is 5.95 Å². The minimum absolute atomic E-state index is 0.213. The Morgan fingerprint density at radius 2 is 1.96 bits per heavy atom. The summed E-state index contributed by atoms with van der Waals surface area (Å²) in [5, 5.41) is 4.50. The van der Waals surface area contributed by atoms with E-state index in [9.17, 15) is 9.59 Å². The van der Waals surface area contributed by atoms with Crippen molar-refractivity contribution in [2.75, 3.05) is 5.01 Å². The van der Waals surface area contributed by atoms with Crippen LogP contribution in [0.15, 0.2) is 46.9 Å². The summed E-state index contributed by atoms with van der Waals surface area (Å²) in [6.07, 6.45) is 0.641. The van der Waals surface area contributed by atoms with Gasteiger partial charge in [-0.15, -0.1) is 0 Å². The van der Waals surface area contributed by atoms with E-state index in [4.69, 9.17) is 4.74 Å². The van der Waals surface area contributed by atoms with Crippen molar-refractivity contribution in [2.45, 2.75) is 40.0 Å². The summed E-state index contributed by atoms with van der Waals surface area (Å²) in [4.78, 5) is 31.8. The van der Waals surface area contributed by atoms with Crippen LogP contribution in [0.25, 0.3) is 0 Å². The van der Waals surface area contributed by atoms with Gasteiger partial charge in [0.05, 0.1) is 0 Å². The number of H-pyrrole nitrogens is 1. The number of hydrazine groups is 1. The first-order valence-corrected chi connectivity index (χ1v) is 8.69. The fourth-order valence-electron chi connectivity index (χ4n) is 2.66. The van der Waals surface area contributed by atoms with E-state index in [2.05, 4.69) is 20.7 Å². The molecular weight excluding hydrogens is 346 g/mol. The first-order chi connectivity index (χ1) is 12.8. The number of para-hydroxylation sites is 1. The van der Waals surface area contributed by atoms with Crippen LogP contribution in [0.5, 0.6) is 5.75 Å². The number of benzene rings is 1. The summed E-state index contributed by atoms with van der Waals surface area (Å²) < 4.78 is 5.66. The third-order valence-corrected chi connectivity index (χ3v) is 4.31. The Labute approximate surface area is 157 Å². The lowest BCUT2D eigenvalue weighted by atomic mass is 10.3. The normalized spacial score (nSPS) is 17.1. The molecule has 0 saturated heterocycles. The van der Waals surface area contributed by atoms with Gasteiger partial charge in [0.1, 0.15) is 11.9 Å². The van der Waals surface area contributed by atoms with E-state index >= 15 is 0 Å². The Hall–Kier alpha value is -3.29. The lowest BCUT2D eigenvalue weighted by Gasteiger charge is -2.27. The molecule has 142 valence electrons. The molecule has 2 unspecified atom stereocenters. The van der Waals surface area contributed by atoms with E-state index < -0.39 is 12.3 Å². The van der Waals surface area contributed by atoms with Crippen molar-refractivity contribution < 1.29 is 9.53 Å². The number of hydrogen-bond donors (Lipinski definition) is 3. The van der Waals surface area contributed by atoms with Crippen LogP contribution < -0.4 is 26.0 Å². The van der Waals surface area contributed by atoms with Gasteiger partial charge in [-0.3, -0.25) is 20.0 Å². The maximum absolute atomic E-state index is 12.6. The summed E-state index contributed by atoms with van der Waals surface area (Å²) in [7, 11) is 0. The molecule has 0 radical (unpaired) electrons. The van der Waals surface area contributed by atoms with E-state index in [1.165, 1.54) is 0 Å². The fourth-order valence-corrected chi connectivity index (χ4v) is 2.66. The van der Waals surface area contributed by atoms with Crippen LogP contribution in [0, 0.1) is 13.8 Å². The number of allylic oxidation sites excluding steroid dienone is 1. The predicted octanol–water partition coefficient (Wildman–Crippen LogP) is 1.52. The molecule has 27 heavy (non-hydrogen) atoms.